The molecule has 0 aromatic carbocycles. The third-order valence-electron chi connectivity index (χ3n) is 2.01. The second-order valence-corrected chi connectivity index (χ2v) is 5.40. The highest BCUT2D eigenvalue weighted by atomic mass is 16.6. The molecule has 4 heteroatoms. The maximum Gasteiger partial charge on any atom is 0.407 e. The molecule has 0 bridgehead atoms. The summed E-state index contributed by atoms with van der Waals surface area (Å²) >= 11 is 0. The van der Waals surface area contributed by atoms with E-state index in [4.69, 9.17) is 4.74 Å². The summed E-state index contributed by atoms with van der Waals surface area (Å²) in [5.41, 5.74) is -0.512. The van der Waals surface area contributed by atoms with Crippen LogP contribution < -0.4 is 5.32 Å². The first-order chi connectivity index (χ1) is 7.11. The summed E-state index contributed by atoms with van der Waals surface area (Å²) in [6.07, 6.45) is -0.121. The number of nitrogens with one attached hydrogen (secondary N) is 1. The van der Waals surface area contributed by atoms with Gasteiger partial charge in [0.25, 0.3) is 0 Å². The summed E-state index contributed by atoms with van der Waals surface area (Å²) in [6, 6.07) is -0.160. The molecule has 16 heavy (non-hydrogen) atoms. The number of hydrogen-bond acceptors (Lipinski definition) is 3. The van der Waals surface area contributed by atoms with E-state index in [2.05, 4.69) is 5.32 Å². The lowest BCUT2D eigenvalue weighted by molar-refractivity contribution is -0.117. The van der Waals surface area contributed by atoms with E-state index in [1.54, 1.807) is 0 Å². The van der Waals surface area contributed by atoms with Crippen molar-refractivity contribution >= 4 is 11.9 Å². The molecule has 0 radical (unpaired) electrons. The summed E-state index contributed by atoms with van der Waals surface area (Å²) in [4.78, 5) is 22.5. The Balaban J connectivity index is 4.30. The zero-order valence-electron chi connectivity index (χ0n) is 11.1. The molecule has 0 aliphatic carbocycles. The second kappa shape index (κ2) is 5.87. The molecule has 1 unspecified atom stereocenters. The van der Waals surface area contributed by atoms with Crippen molar-refractivity contribution in [1.29, 1.82) is 0 Å². The highest BCUT2D eigenvalue weighted by molar-refractivity contribution is 5.77. The number of carbonyl (C=O) groups excluding carboxylic acids is 2. The van der Waals surface area contributed by atoms with Gasteiger partial charge in [0, 0.05) is 12.5 Å². The molecule has 0 heterocycles. The SMILES string of the molecule is CC(=O)CC(NC(=O)OC(C)(C)C)C(C)C. The fourth-order valence-electron chi connectivity index (χ4n) is 1.22. The lowest BCUT2D eigenvalue weighted by atomic mass is 9.99. The third-order valence-corrected chi connectivity index (χ3v) is 2.01. The number of ether oxygens (including phenoxy) is 1. The minimum Gasteiger partial charge on any atom is -0.444 e. The van der Waals surface area contributed by atoms with Gasteiger partial charge in [-0.3, -0.25) is 4.79 Å². The predicted octanol–water partition coefficient (Wildman–Crippen LogP) is 2.51. The molecule has 1 N–H and O–H groups in total. The zero-order chi connectivity index (χ0) is 12.9. The quantitative estimate of drug-likeness (QED) is 0.805. The van der Waals surface area contributed by atoms with Crippen LogP contribution in [0, 0.1) is 5.92 Å². The maximum absolute atomic E-state index is 11.5. The van der Waals surface area contributed by atoms with Crippen molar-refractivity contribution in [3.63, 3.8) is 0 Å². The van der Waals surface area contributed by atoms with Crippen molar-refractivity contribution in [2.45, 2.75) is 59.6 Å². The molecule has 0 rings (SSSR count). The van der Waals surface area contributed by atoms with Crippen LogP contribution in [-0.2, 0) is 9.53 Å². The Morgan fingerprint density at radius 2 is 1.75 bits per heavy atom. The van der Waals surface area contributed by atoms with Gasteiger partial charge in [0.1, 0.15) is 11.4 Å². The number of carbonyl (C=O) groups is 2. The topological polar surface area (TPSA) is 55.4 Å². The van der Waals surface area contributed by atoms with Gasteiger partial charge >= 0.3 is 6.09 Å². The van der Waals surface area contributed by atoms with Crippen molar-refractivity contribution in [2.75, 3.05) is 0 Å². The molecule has 0 fully saturated rings. The summed E-state index contributed by atoms with van der Waals surface area (Å²) in [5, 5.41) is 2.72. The van der Waals surface area contributed by atoms with Crippen LogP contribution in [0.4, 0.5) is 4.79 Å². The Labute approximate surface area is 97.7 Å². The normalized spacial score (nSPS) is 13.4. The van der Waals surface area contributed by atoms with Crippen LogP contribution in [0.1, 0.15) is 48.0 Å². The molecule has 94 valence electrons. The average molecular weight is 229 g/mol. The van der Waals surface area contributed by atoms with E-state index >= 15 is 0 Å². The van der Waals surface area contributed by atoms with Crippen LogP contribution in [0.3, 0.4) is 0 Å². The van der Waals surface area contributed by atoms with Gasteiger partial charge in [-0.05, 0) is 33.6 Å². The van der Waals surface area contributed by atoms with E-state index in [9.17, 15) is 9.59 Å². The first kappa shape index (κ1) is 14.9. The Hall–Kier alpha value is -1.06. The Bertz CT molecular complexity index is 253. The predicted molar refractivity (Wildman–Crippen MR) is 63.3 cm³/mol. The van der Waals surface area contributed by atoms with Crippen molar-refractivity contribution in [3.05, 3.63) is 0 Å². The molecule has 1 amide bonds. The van der Waals surface area contributed by atoms with Crippen LogP contribution in [0.2, 0.25) is 0 Å². The van der Waals surface area contributed by atoms with Gasteiger partial charge in [-0.2, -0.15) is 0 Å². The Morgan fingerprint density at radius 3 is 2.06 bits per heavy atom. The first-order valence-electron chi connectivity index (χ1n) is 5.61. The molecular weight excluding hydrogens is 206 g/mol. The number of hydrogen-bond donors (Lipinski definition) is 1. The van der Waals surface area contributed by atoms with Gasteiger partial charge in [-0.25, -0.2) is 4.79 Å². The summed E-state index contributed by atoms with van der Waals surface area (Å²) in [7, 11) is 0. The van der Waals surface area contributed by atoms with E-state index < -0.39 is 11.7 Å². The highest BCUT2D eigenvalue weighted by Gasteiger charge is 2.22. The maximum atomic E-state index is 11.5. The third kappa shape index (κ3) is 7.26. The van der Waals surface area contributed by atoms with E-state index in [-0.39, 0.29) is 17.7 Å². The van der Waals surface area contributed by atoms with Gasteiger partial charge in [0.05, 0.1) is 0 Å². The summed E-state index contributed by atoms with van der Waals surface area (Å²) in [5.74, 6) is 0.270. The lowest BCUT2D eigenvalue weighted by Gasteiger charge is -2.25. The van der Waals surface area contributed by atoms with Crippen molar-refractivity contribution in [1.82, 2.24) is 5.32 Å². The molecule has 1 atom stereocenters. The molecule has 0 aliphatic heterocycles. The molecule has 0 saturated carbocycles. The first-order valence-corrected chi connectivity index (χ1v) is 5.61. The van der Waals surface area contributed by atoms with Crippen LogP contribution in [0.25, 0.3) is 0 Å². The van der Waals surface area contributed by atoms with E-state index in [0.29, 0.717) is 6.42 Å². The zero-order valence-corrected chi connectivity index (χ0v) is 11.1. The lowest BCUT2D eigenvalue weighted by Crippen LogP contribution is -2.42. The van der Waals surface area contributed by atoms with Crippen molar-refractivity contribution in [2.24, 2.45) is 5.92 Å². The average Bonchev–Trinajstić information content (AvgIpc) is 1.97. The van der Waals surface area contributed by atoms with E-state index in [1.807, 2.05) is 34.6 Å². The number of alkyl carbamates (subject to hydrolysis) is 1. The minimum atomic E-state index is -0.512. The number of amides is 1. The molecule has 4 nitrogen and oxygen atoms in total. The Kier molecular flexibility index (Phi) is 5.48. The van der Waals surface area contributed by atoms with Gasteiger partial charge in [0.2, 0.25) is 0 Å². The standard InChI is InChI=1S/C12H23NO3/c1-8(2)10(7-9(3)14)13-11(15)16-12(4,5)6/h8,10H,7H2,1-6H3,(H,13,15). The fourth-order valence-corrected chi connectivity index (χ4v) is 1.22. The van der Waals surface area contributed by atoms with Gasteiger partial charge in [-0.1, -0.05) is 13.8 Å². The number of ketones is 1. The highest BCUT2D eigenvalue weighted by Crippen LogP contribution is 2.10. The molecule has 0 saturated heterocycles. The molecular formula is C12H23NO3. The summed E-state index contributed by atoms with van der Waals surface area (Å²) < 4.78 is 5.14. The largest absolute Gasteiger partial charge is 0.444 e. The summed E-state index contributed by atoms with van der Waals surface area (Å²) in [6.45, 7) is 10.9. The van der Waals surface area contributed by atoms with Crippen LogP contribution in [0.5, 0.6) is 0 Å². The van der Waals surface area contributed by atoms with Crippen LogP contribution in [-0.4, -0.2) is 23.5 Å². The van der Waals surface area contributed by atoms with Crippen LogP contribution in [0.15, 0.2) is 0 Å². The van der Waals surface area contributed by atoms with Gasteiger partial charge in [-0.15, -0.1) is 0 Å². The molecule has 0 aromatic heterocycles. The van der Waals surface area contributed by atoms with E-state index in [0.717, 1.165) is 0 Å². The molecule has 0 aliphatic rings. The number of rotatable bonds is 4. The molecule has 0 aromatic rings. The number of Topliss-reactive ketones (excluding diaryl/α,β-unsaturated/α-hetero) is 1. The second-order valence-electron chi connectivity index (χ2n) is 5.40. The van der Waals surface area contributed by atoms with Gasteiger partial charge < -0.3 is 10.1 Å². The fraction of sp³-hybridized carbons (Fsp3) is 0.833. The monoisotopic (exact) mass is 229 g/mol. The Morgan fingerprint density at radius 1 is 1.25 bits per heavy atom. The minimum absolute atomic E-state index is 0.0646. The van der Waals surface area contributed by atoms with Crippen molar-refractivity contribution in [3.8, 4) is 0 Å². The van der Waals surface area contributed by atoms with Crippen LogP contribution >= 0.6 is 0 Å². The van der Waals surface area contributed by atoms with Gasteiger partial charge in [0.15, 0.2) is 0 Å². The van der Waals surface area contributed by atoms with E-state index in [1.165, 1.54) is 6.92 Å². The molecule has 0 spiro atoms. The smallest absolute Gasteiger partial charge is 0.407 e. The van der Waals surface area contributed by atoms with Crippen molar-refractivity contribution < 1.29 is 14.3 Å².